The summed E-state index contributed by atoms with van der Waals surface area (Å²) in [6.45, 7) is 21.6. The summed E-state index contributed by atoms with van der Waals surface area (Å²) < 4.78 is 36.1. The predicted octanol–water partition coefficient (Wildman–Crippen LogP) is 2.85. The Labute approximate surface area is 137 Å². The van der Waals surface area contributed by atoms with Crippen LogP contribution in [0.5, 0.6) is 0 Å². The Morgan fingerprint density at radius 2 is 1.48 bits per heavy atom. The molecule has 0 unspecified atom stereocenters. The molecule has 0 fully saturated rings. The van der Waals surface area contributed by atoms with Crippen molar-refractivity contribution < 1.29 is 42.7 Å². The fourth-order valence-electron chi connectivity index (χ4n) is 0.911. The van der Waals surface area contributed by atoms with E-state index in [1.165, 1.54) is 38.6 Å². The molecule has 1 aliphatic rings. The Bertz CT molecular complexity index is 283. The van der Waals surface area contributed by atoms with Gasteiger partial charge in [0.1, 0.15) is 0 Å². The molecule has 0 saturated heterocycles. The SMILES string of the molecule is C1=CCCC1.C=CCC[C](=[W])OC.[C-]#[O+].[C-]#[O+].[C-]#[O+].[C-]#[O+]. The first-order chi connectivity index (χ1) is 10.3. The number of methoxy groups -OCH3 is 1. The summed E-state index contributed by atoms with van der Waals surface area (Å²) in [5.74, 6) is 0. The van der Waals surface area contributed by atoms with Gasteiger partial charge in [0.05, 0.1) is 0 Å². The van der Waals surface area contributed by atoms with Crippen LogP contribution in [0, 0.1) is 26.6 Å². The van der Waals surface area contributed by atoms with Crippen LogP contribution >= 0.6 is 0 Å². The van der Waals surface area contributed by atoms with Gasteiger partial charge in [0.25, 0.3) is 0 Å². The molecule has 21 heavy (non-hydrogen) atoms. The molecule has 1 aliphatic carbocycles. The fourth-order valence-corrected chi connectivity index (χ4v) is 1.33. The first kappa shape index (κ1) is 32.1. The summed E-state index contributed by atoms with van der Waals surface area (Å²) in [5.41, 5.74) is 0. The molecule has 0 radical (unpaired) electrons. The van der Waals surface area contributed by atoms with Gasteiger partial charge in [-0.1, -0.05) is 12.2 Å². The van der Waals surface area contributed by atoms with Crippen LogP contribution in [0.1, 0.15) is 32.1 Å². The summed E-state index contributed by atoms with van der Waals surface area (Å²) in [6.07, 6.45) is 12.5. The van der Waals surface area contributed by atoms with Crippen molar-refractivity contribution in [3.8, 4) is 0 Å². The van der Waals surface area contributed by atoms with Gasteiger partial charge < -0.3 is 0 Å². The van der Waals surface area contributed by atoms with Crippen LogP contribution in [0.25, 0.3) is 0 Å². The Balaban J connectivity index is -0.0000000566. The van der Waals surface area contributed by atoms with Crippen molar-refractivity contribution in [2.75, 3.05) is 7.11 Å². The molecule has 0 N–H and O–H groups in total. The van der Waals surface area contributed by atoms with Crippen molar-refractivity contribution in [1.82, 2.24) is 0 Å². The molecule has 0 atom stereocenters. The third kappa shape index (κ3) is 55.0. The third-order valence-electron chi connectivity index (χ3n) is 1.69. The molecule has 0 aromatic carbocycles. The van der Waals surface area contributed by atoms with Crippen LogP contribution < -0.4 is 0 Å². The minimum atomic E-state index is 1.03. The van der Waals surface area contributed by atoms with Crippen LogP contribution in [0.15, 0.2) is 24.8 Å². The summed E-state index contributed by atoms with van der Waals surface area (Å²) in [6, 6.07) is 0. The molecule has 0 heterocycles. The van der Waals surface area contributed by atoms with E-state index in [9.17, 15) is 0 Å². The standard InChI is InChI=1S/C6H10O.C5H8.4CO.W/c1-3-4-5-6-7-2;1-2-4-5-3-1;4*1-2;/h3H,1,4-5H2,2H3;1-2H,3-5H2;;;;;. The van der Waals surface area contributed by atoms with Crippen molar-refractivity contribution >= 4 is 4.08 Å². The average molecular weight is 462 g/mol. The molecule has 0 aromatic rings. The van der Waals surface area contributed by atoms with Gasteiger partial charge in [0.15, 0.2) is 0 Å². The fraction of sp³-hybridized carbons (Fsp3) is 0.400. The average Bonchev–Trinajstić information content (AvgIpc) is 3.19. The number of allylic oxidation sites excluding steroid dienone is 3. The molecule has 0 aliphatic heterocycles. The summed E-state index contributed by atoms with van der Waals surface area (Å²) in [7, 11) is 1.71. The first-order valence-electron chi connectivity index (χ1n) is 5.45. The van der Waals surface area contributed by atoms with E-state index in [1.54, 1.807) is 7.11 Å². The van der Waals surface area contributed by atoms with Crippen LogP contribution in [-0.4, -0.2) is 11.2 Å². The Morgan fingerprint density at radius 1 is 1.10 bits per heavy atom. The number of ether oxygens (including phenoxy) is 1. The molecule has 0 bridgehead atoms. The van der Waals surface area contributed by atoms with Crippen molar-refractivity contribution in [1.29, 1.82) is 0 Å². The van der Waals surface area contributed by atoms with E-state index in [4.69, 9.17) is 23.3 Å². The van der Waals surface area contributed by atoms with Crippen LogP contribution in [0.3, 0.4) is 0 Å². The predicted molar refractivity (Wildman–Crippen MR) is 70.2 cm³/mol. The molecule has 0 spiro atoms. The molecular formula is C15H18O5W. The van der Waals surface area contributed by atoms with E-state index < -0.39 is 0 Å². The van der Waals surface area contributed by atoms with Crippen LogP contribution in [0.2, 0.25) is 0 Å². The van der Waals surface area contributed by atoms with Crippen molar-refractivity contribution in [3.05, 3.63) is 51.4 Å². The minimum absolute atomic E-state index is 1.03. The molecule has 114 valence electrons. The number of hydrogen-bond donors (Lipinski definition) is 0. The quantitative estimate of drug-likeness (QED) is 0.359. The molecule has 0 amide bonds. The van der Waals surface area contributed by atoms with E-state index in [0.29, 0.717) is 0 Å². The topological polar surface area (TPSA) is 88.8 Å². The van der Waals surface area contributed by atoms with E-state index in [2.05, 4.69) is 45.3 Å². The molecule has 1 rings (SSSR count). The second kappa shape index (κ2) is 50.9. The van der Waals surface area contributed by atoms with Crippen molar-refractivity contribution in [3.63, 3.8) is 0 Å². The second-order valence-electron chi connectivity index (χ2n) is 2.81. The van der Waals surface area contributed by atoms with E-state index >= 15 is 0 Å². The van der Waals surface area contributed by atoms with E-state index in [-0.39, 0.29) is 0 Å². The number of rotatable bonds is 4. The maximum absolute atomic E-state index is 7.50. The molecular weight excluding hydrogens is 444 g/mol. The normalized spacial score (nSPS) is 8.62. The zero-order chi connectivity index (χ0) is 17.9. The zero-order valence-corrected chi connectivity index (χ0v) is 14.9. The van der Waals surface area contributed by atoms with Crippen LogP contribution in [0.4, 0.5) is 0 Å². The molecule has 6 heteroatoms. The van der Waals surface area contributed by atoms with Gasteiger partial charge in [-0.05, 0) is 19.3 Å². The van der Waals surface area contributed by atoms with Gasteiger partial charge >= 0.3 is 106 Å². The first-order valence-corrected chi connectivity index (χ1v) is 6.92. The molecule has 5 nitrogen and oxygen atoms in total. The summed E-state index contributed by atoms with van der Waals surface area (Å²) >= 11 is 1.42. The Morgan fingerprint density at radius 3 is 1.67 bits per heavy atom. The summed E-state index contributed by atoms with van der Waals surface area (Å²) in [4.78, 5) is 0. The molecule has 0 aromatic heterocycles. The molecule has 0 saturated carbocycles. The zero-order valence-electron chi connectivity index (χ0n) is 11.9. The van der Waals surface area contributed by atoms with Gasteiger partial charge in [-0.25, -0.2) is 0 Å². The van der Waals surface area contributed by atoms with Gasteiger partial charge in [0.2, 0.25) is 0 Å². The van der Waals surface area contributed by atoms with Crippen molar-refractivity contribution in [2.45, 2.75) is 32.1 Å². The monoisotopic (exact) mass is 462 g/mol. The van der Waals surface area contributed by atoms with Crippen molar-refractivity contribution in [2.24, 2.45) is 0 Å². The summed E-state index contributed by atoms with van der Waals surface area (Å²) in [5, 5.41) is 0. The second-order valence-corrected chi connectivity index (χ2v) is 4.44. The number of hydrogen-bond acceptors (Lipinski definition) is 1. The Hall–Kier alpha value is -1.04. The van der Waals surface area contributed by atoms with Gasteiger partial charge in [0, 0.05) is 0 Å². The third-order valence-corrected chi connectivity index (χ3v) is 3.02. The Kier molecular flexibility index (Phi) is 77.7. The van der Waals surface area contributed by atoms with E-state index in [1.807, 2.05) is 6.08 Å². The maximum atomic E-state index is 7.50. The van der Waals surface area contributed by atoms with Gasteiger partial charge in [-0.3, -0.25) is 0 Å². The van der Waals surface area contributed by atoms with Crippen LogP contribution in [-0.2, 0) is 42.7 Å². The van der Waals surface area contributed by atoms with Gasteiger partial charge in [-0.15, -0.1) is 0 Å². The van der Waals surface area contributed by atoms with E-state index in [0.717, 1.165) is 16.9 Å². The van der Waals surface area contributed by atoms with Gasteiger partial charge in [-0.2, -0.15) is 0 Å².